The third-order valence-corrected chi connectivity index (χ3v) is 3.51. The van der Waals surface area contributed by atoms with Crippen LogP contribution in [0.2, 0.25) is 0 Å². The van der Waals surface area contributed by atoms with E-state index in [0.717, 1.165) is 44.7 Å². The normalized spacial score (nSPS) is 15.1. The molecule has 1 heterocycles. The summed E-state index contributed by atoms with van der Waals surface area (Å²) >= 11 is 0. The summed E-state index contributed by atoms with van der Waals surface area (Å²) in [6.45, 7) is 6.86. The summed E-state index contributed by atoms with van der Waals surface area (Å²) in [5.41, 5.74) is 8.38. The molecule has 18 heavy (non-hydrogen) atoms. The molecular formula is C15H24N2O. The van der Waals surface area contributed by atoms with Crippen LogP contribution < -0.4 is 15.8 Å². The summed E-state index contributed by atoms with van der Waals surface area (Å²) in [5, 5.41) is 3.56. The summed E-state index contributed by atoms with van der Waals surface area (Å²) in [7, 11) is 0. The van der Waals surface area contributed by atoms with Crippen molar-refractivity contribution in [3.8, 4) is 5.75 Å². The molecule has 1 aliphatic heterocycles. The van der Waals surface area contributed by atoms with Gasteiger partial charge in [0.05, 0.1) is 6.61 Å². The first-order chi connectivity index (χ1) is 8.61. The first kappa shape index (κ1) is 13.4. The third-order valence-electron chi connectivity index (χ3n) is 3.51. The maximum Gasteiger partial charge on any atom is 0.122 e. The predicted octanol–water partition coefficient (Wildman–Crippen LogP) is 2.23. The molecule has 0 bridgehead atoms. The second-order valence-corrected chi connectivity index (χ2v) is 5.67. The standard InChI is InChI=1S/C15H24N2O/c1-15(2,7-8-16)17-11-12-5-6-14-13(10-12)4-3-9-18-14/h5-6,10,17H,3-4,7-9,11,16H2,1-2H3. The van der Waals surface area contributed by atoms with E-state index in [1.165, 1.54) is 11.1 Å². The Morgan fingerprint density at radius 2 is 2.22 bits per heavy atom. The van der Waals surface area contributed by atoms with E-state index >= 15 is 0 Å². The SMILES string of the molecule is CC(C)(CCN)NCc1ccc2c(c1)CCCO2. The van der Waals surface area contributed by atoms with Gasteiger partial charge in [-0.05, 0) is 56.8 Å². The van der Waals surface area contributed by atoms with Gasteiger partial charge < -0.3 is 15.8 Å². The van der Waals surface area contributed by atoms with Gasteiger partial charge in [0.25, 0.3) is 0 Å². The Morgan fingerprint density at radius 3 is 3.00 bits per heavy atom. The Kier molecular flexibility index (Phi) is 4.25. The molecule has 100 valence electrons. The first-order valence-corrected chi connectivity index (χ1v) is 6.80. The number of hydrogen-bond donors (Lipinski definition) is 2. The van der Waals surface area contributed by atoms with Gasteiger partial charge in [-0.1, -0.05) is 12.1 Å². The summed E-state index contributed by atoms with van der Waals surface area (Å²) < 4.78 is 5.63. The molecule has 0 spiro atoms. The average molecular weight is 248 g/mol. The van der Waals surface area contributed by atoms with Crippen molar-refractivity contribution in [1.29, 1.82) is 0 Å². The smallest absolute Gasteiger partial charge is 0.122 e. The average Bonchev–Trinajstić information content (AvgIpc) is 2.36. The highest BCUT2D eigenvalue weighted by Gasteiger charge is 2.16. The van der Waals surface area contributed by atoms with Crippen LogP contribution >= 0.6 is 0 Å². The fraction of sp³-hybridized carbons (Fsp3) is 0.600. The molecule has 0 aliphatic carbocycles. The molecule has 0 radical (unpaired) electrons. The molecule has 3 N–H and O–H groups in total. The Labute approximate surface area is 110 Å². The predicted molar refractivity (Wildman–Crippen MR) is 74.8 cm³/mol. The van der Waals surface area contributed by atoms with E-state index in [0.29, 0.717) is 0 Å². The quantitative estimate of drug-likeness (QED) is 0.840. The lowest BCUT2D eigenvalue weighted by Gasteiger charge is -2.26. The fourth-order valence-electron chi connectivity index (χ4n) is 2.31. The number of nitrogens with one attached hydrogen (secondary N) is 1. The van der Waals surface area contributed by atoms with E-state index < -0.39 is 0 Å². The van der Waals surface area contributed by atoms with Gasteiger partial charge in [0.2, 0.25) is 0 Å². The molecule has 1 aliphatic rings. The zero-order chi connectivity index (χ0) is 13.0. The molecule has 3 nitrogen and oxygen atoms in total. The second kappa shape index (κ2) is 5.72. The van der Waals surface area contributed by atoms with Crippen molar-refractivity contribution in [2.24, 2.45) is 5.73 Å². The van der Waals surface area contributed by atoms with E-state index in [1.807, 2.05) is 0 Å². The number of rotatable bonds is 5. The zero-order valence-electron chi connectivity index (χ0n) is 11.5. The Morgan fingerprint density at radius 1 is 1.39 bits per heavy atom. The number of ether oxygens (including phenoxy) is 1. The minimum absolute atomic E-state index is 0.0984. The molecule has 0 saturated heterocycles. The summed E-state index contributed by atoms with van der Waals surface area (Å²) in [6, 6.07) is 6.51. The summed E-state index contributed by atoms with van der Waals surface area (Å²) in [6.07, 6.45) is 3.25. The number of nitrogens with two attached hydrogens (primary N) is 1. The van der Waals surface area contributed by atoms with Gasteiger partial charge in [-0.2, -0.15) is 0 Å². The molecule has 0 atom stereocenters. The topological polar surface area (TPSA) is 47.3 Å². The van der Waals surface area contributed by atoms with Crippen molar-refractivity contribution in [3.05, 3.63) is 29.3 Å². The molecule has 3 heteroatoms. The molecule has 0 saturated carbocycles. The van der Waals surface area contributed by atoms with Crippen molar-refractivity contribution < 1.29 is 4.74 Å². The van der Waals surface area contributed by atoms with Crippen LogP contribution in [0.5, 0.6) is 5.75 Å². The Hall–Kier alpha value is -1.06. The van der Waals surface area contributed by atoms with Crippen LogP contribution in [0, 0.1) is 0 Å². The molecule has 0 amide bonds. The Balaban J connectivity index is 1.98. The number of benzene rings is 1. The third kappa shape index (κ3) is 3.47. The van der Waals surface area contributed by atoms with Crippen molar-refractivity contribution in [3.63, 3.8) is 0 Å². The monoisotopic (exact) mass is 248 g/mol. The molecule has 1 aromatic rings. The Bertz CT molecular complexity index is 401. The van der Waals surface area contributed by atoms with Crippen LogP contribution in [0.1, 0.15) is 37.8 Å². The maximum atomic E-state index is 5.63. The lowest BCUT2D eigenvalue weighted by atomic mass is 9.99. The highest BCUT2D eigenvalue weighted by Crippen LogP contribution is 2.25. The van der Waals surface area contributed by atoms with E-state index in [9.17, 15) is 0 Å². The second-order valence-electron chi connectivity index (χ2n) is 5.67. The summed E-state index contributed by atoms with van der Waals surface area (Å²) in [5.74, 6) is 1.06. The number of hydrogen-bond acceptors (Lipinski definition) is 3. The molecular weight excluding hydrogens is 224 g/mol. The highest BCUT2D eigenvalue weighted by molar-refractivity contribution is 5.38. The minimum Gasteiger partial charge on any atom is -0.493 e. The fourth-order valence-corrected chi connectivity index (χ4v) is 2.31. The zero-order valence-corrected chi connectivity index (χ0v) is 11.5. The van der Waals surface area contributed by atoms with E-state index in [-0.39, 0.29) is 5.54 Å². The molecule has 2 rings (SSSR count). The van der Waals surface area contributed by atoms with Crippen LogP contribution in [0.3, 0.4) is 0 Å². The van der Waals surface area contributed by atoms with Crippen LogP contribution in [0.25, 0.3) is 0 Å². The molecule has 0 unspecified atom stereocenters. The van der Waals surface area contributed by atoms with Crippen LogP contribution in [0.15, 0.2) is 18.2 Å². The van der Waals surface area contributed by atoms with Crippen molar-refractivity contribution in [1.82, 2.24) is 5.32 Å². The van der Waals surface area contributed by atoms with Gasteiger partial charge in [0.15, 0.2) is 0 Å². The van der Waals surface area contributed by atoms with Gasteiger partial charge in [-0.25, -0.2) is 0 Å². The van der Waals surface area contributed by atoms with E-state index in [1.54, 1.807) is 0 Å². The number of aryl methyl sites for hydroxylation is 1. The number of fused-ring (bicyclic) bond motifs is 1. The summed E-state index contributed by atoms with van der Waals surface area (Å²) in [4.78, 5) is 0. The van der Waals surface area contributed by atoms with Crippen LogP contribution in [-0.2, 0) is 13.0 Å². The van der Waals surface area contributed by atoms with Crippen LogP contribution in [0.4, 0.5) is 0 Å². The lowest BCUT2D eigenvalue weighted by molar-refractivity contribution is 0.288. The van der Waals surface area contributed by atoms with Gasteiger partial charge in [0.1, 0.15) is 5.75 Å². The van der Waals surface area contributed by atoms with Gasteiger partial charge in [0, 0.05) is 12.1 Å². The van der Waals surface area contributed by atoms with Gasteiger partial charge in [-0.15, -0.1) is 0 Å². The maximum absolute atomic E-state index is 5.63. The van der Waals surface area contributed by atoms with E-state index in [2.05, 4.69) is 37.4 Å². The van der Waals surface area contributed by atoms with Crippen molar-refractivity contribution in [2.45, 2.75) is 45.2 Å². The van der Waals surface area contributed by atoms with Gasteiger partial charge >= 0.3 is 0 Å². The molecule has 0 fully saturated rings. The largest absolute Gasteiger partial charge is 0.493 e. The first-order valence-electron chi connectivity index (χ1n) is 6.80. The lowest BCUT2D eigenvalue weighted by Crippen LogP contribution is -2.40. The molecule has 1 aromatic carbocycles. The van der Waals surface area contributed by atoms with Crippen molar-refractivity contribution >= 4 is 0 Å². The van der Waals surface area contributed by atoms with Crippen molar-refractivity contribution in [2.75, 3.05) is 13.2 Å². The molecule has 0 aromatic heterocycles. The van der Waals surface area contributed by atoms with E-state index in [4.69, 9.17) is 10.5 Å². The van der Waals surface area contributed by atoms with Crippen LogP contribution in [-0.4, -0.2) is 18.7 Å². The highest BCUT2D eigenvalue weighted by atomic mass is 16.5. The van der Waals surface area contributed by atoms with Gasteiger partial charge in [-0.3, -0.25) is 0 Å². The minimum atomic E-state index is 0.0984.